The number of carbonyl (C=O) groups is 2. The second kappa shape index (κ2) is 9.92. The Hall–Kier alpha value is -3.27. The molecule has 0 aliphatic carbocycles. The maximum absolute atomic E-state index is 12.8. The molecule has 1 aliphatic heterocycles. The summed E-state index contributed by atoms with van der Waals surface area (Å²) in [6.45, 7) is 0.205. The van der Waals surface area contributed by atoms with Crippen LogP contribution in [0.3, 0.4) is 0 Å². The highest BCUT2D eigenvalue weighted by Crippen LogP contribution is 2.41. The molecular formula is C23H22Cl2N4O5. The van der Waals surface area contributed by atoms with Crippen molar-refractivity contribution in [2.45, 2.75) is 19.1 Å². The van der Waals surface area contributed by atoms with Crippen LogP contribution in [0.25, 0.3) is 11.1 Å². The van der Waals surface area contributed by atoms with Crippen molar-refractivity contribution >= 4 is 46.5 Å². The van der Waals surface area contributed by atoms with Crippen molar-refractivity contribution in [1.29, 1.82) is 0 Å². The number of fused-ring (bicyclic) bond motifs is 1. The molecule has 1 aromatic heterocycles. The number of halogens is 2. The molecule has 1 aliphatic rings. The van der Waals surface area contributed by atoms with Gasteiger partial charge in [0, 0.05) is 7.11 Å². The van der Waals surface area contributed by atoms with Gasteiger partial charge in [-0.05, 0) is 29.8 Å². The van der Waals surface area contributed by atoms with E-state index in [1.165, 1.54) is 4.68 Å². The third-order valence-corrected chi connectivity index (χ3v) is 6.20. The second-order valence-corrected chi connectivity index (χ2v) is 8.26. The maximum Gasteiger partial charge on any atom is 0.251 e. The molecule has 2 N–H and O–H groups in total. The summed E-state index contributed by atoms with van der Waals surface area (Å²) in [7, 11) is 4.65. The smallest absolute Gasteiger partial charge is 0.251 e. The molecule has 34 heavy (non-hydrogen) atoms. The highest BCUT2D eigenvalue weighted by atomic mass is 35.5. The highest BCUT2D eigenvalue weighted by molar-refractivity contribution is 6.44. The molecule has 2 aromatic carbocycles. The van der Waals surface area contributed by atoms with Gasteiger partial charge in [0.05, 0.1) is 54.2 Å². The van der Waals surface area contributed by atoms with Gasteiger partial charge < -0.3 is 24.8 Å². The van der Waals surface area contributed by atoms with Crippen molar-refractivity contribution in [2.75, 3.05) is 32.0 Å². The van der Waals surface area contributed by atoms with Crippen LogP contribution in [0.5, 0.6) is 11.5 Å². The Kier molecular flexibility index (Phi) is 6.97. The molecule has 3 aromatic rings. The van der Waals surface area contributed by atoms with Crippen molar-refractivity contribution in [1.82, 2.24) is 9.78 Å². The van der Waals surface area contributed by atoms with Crippen LogP contribution in [-0.4, -0.2) is 42.9 Å². The van der Waals surface area contributed by atoms with E-state index in [-0.39, 0.29) is 24.0 Å². The predicted octanol–water partition coefficient (Wildman–Crippen LogP) is 4.54. The summed E-state index contributed by atoms with van der Waals surface area (Å²) in [5, 5.41) is 10.7. The van der Waals surface area contributed by atoms with Gasteiger partial charge >= 0.3 is 0 Å². The predicted molar refractivity (Wildman–Crippen MR) is 129 cm³/mol. The minimum atomic E-state index is -0.850. The fourth-order valence-electron chi connectivity index (χ4n) is 3.83. The lowest BCUT2D eigenvalue weighted by Gasteiger charge is -2.11. The molecule has 2 amide bonds. The van der Waals surface area contributed by atoms with Gasteiger partial charge in [-0.2, -0.15) is 5.10 Å². The van der Waals surface area contributed by atoms with E-state index in [2.05, 4.69) is 15.7 Å². The molecule has 11 heteroatoms. The first kappa shape index (κ1) is 23.9. The Morgan fingerprint density at radius 2 is 1.91 bits per heavy atom. The lowest BCUT2D eigenvalue weighted by atomic mass is 10.0. The SMILES string of the molecule is COCc1nn2c(c1-c1ccc(OC)c(OC)c1)NC(=O)C2CC(=O)Nc1cccc(Cl)c1Cl. The number of methoxy groups -OCH3 is 3. The van der Waals surface area contributed by atoms with Gasteiger partial charge in [-0.3, -0.25) is 9.59 Å². The minimum Gasteiger partial charge on any atom is -0.493 e. The van der Waals surface area contributed by atoms with E-state index < -0.39 is 11.9 Å². The number of hydrogen-bond donors (Lipinski definition) is 2. The quantitative estimate of drug-likeness (QED) is 0.466. The summed E-state index contributed by atoms with van der Waals surface area (Å²) in [6.07, 6.45) is -0.152. The topological polar surface area (TPSA) is 104 Å². The molecule has 1 unspecified atom stereocenters. The van der Waals surface area contributed by atoms with E-state index in [1.54, 1.807) is 51.7 Å². The molecule has 0 fully saturated rings. The molecule has 0 saturated heterocycles. The number of hydrogen-bond acceptors (Lipinski definition) is 6. The van der Waals surface area contributed by atoms with Crippen molar-refractivity contribution < 1.29 is 23.8 Å². The number of carbonyl (C=O) groups excluding carboxylic acids is 2. The Labute approximate surface area is 205 Å². The number of ether oxygens (including phenoxy) is 3. The lowest BCUT2D eigenvalue weighted by Crippen LogP contribution is -2.24. The normalized spacial score (nSPS) is 14.5. The molecule has 0 spiro atoms. The molecule has 0 radical (unpaired) electrons. The number of anilines is 2. The van der Waals surface area contributed by atoms with Gasteiger partial charge in [-0.25, -0.2) is 4.68 Å². The van der Waals surface area contributed by atoms with E-state index in [9.17, 15) is 9.59 Å². The zero-order chi connectivity index (χ0) is 24.4. The molecule has 1 atom stereocenters. The van der Waals surface area contributed by atoms with Crippen LogP contribution in [0.1, 0.15) is 18.2 Å². The Balaban J connectivity index is 1.66. The maximum atomic E-state index is 12.8. The van der Waals surface area contributed by atoms with E-state index in [1.807, 2.05) is 6.07 Å². The third-order valence-electron chi connectivity index (χ3n) is 5.38. The van der Waals surface area contributed by atoms with Crippen molar-refractivity contribution in [3.63, 3.8) is 0 Å². The fraction of sp³-hybridized carbons (Fsp3) is 0.261. The largest absolute Gasteiger partial charge is 0.493 e. The van der Waals surface area contributed by atoms with Crippen LogP contribution < -0.4 is 20.1 Å². The van der Waals surface area contributed by atoms with Crippen LogP contribution in [0.2, 0.25) is 10.0 Å². The number of amides is 2. The monoisotopic (exact) mass is 504 g/mol. The van der Waals surface area contributed by atoms with Crippen molar-refractivity contribution in [2.24, 2.45) is 0 Å². The van der Waals surface area contributed by atoms with Gasteiger partial charge in [0.1, 0.15) is 11.9 Å². The number of aromatic nitrogens is 2. The average Bonchev–Trinajstić information content (AvgIpc) is 3.31. The standard InChI is InChI=1S/C23H22Cl2N4O5/c1-32-11-15-20(12-7-8-17(33-2)18(9-12)34-3)22-27-23(31)16(29(22)28-15)10-19(30)26-14-6-4-5-13(24)21(14)25/h4-9,16H,10-11H2,1-3H3,(H,26,30)(H,27,31). The molecule has 2 heterocycles. The van der Waals surface area contributed by atoms with Crippen LogP contribution >= 0.6 is 23.2 Å². The number of nitrogens with one attached hydrogen (secondary N) is 2. The fourth-order valence-corrected chi connectivity index (χ4v) is 4.17. The number of benzene rings is 2. The summed E-state index contributed by atoms with van der Waals surface area (Å²) in [5.74, 6) is 0.820. The Morgan fingerprint density at radius 3 is 2.62 bits per heavy atom. The first-order valence-electron chi connectivity index (χ1n) is 10.2. The summed E-state index contributed by atoms with van der Waals surface area (Å²) in [4.78, 5) is 25.5. The molecule has 0 bridgehead atoms. The first-order chi connectivity index (χ1) is 16.4. The van der Waals surface area contributed by atoms with Gasteiger partial charge in [0.25, 0.3) is 5.91 Å². The van der Waals surface area contributed by atoms with Crippen molar-refractivity contribution in [3.8, 4) is 22.6 Å². The second-order valence-electron chi connectivity index (χ2n) is 7.48. The van der Waals surface area contributed by atoms with Gasteiger partial charge in [0.2, 0.25) is 5.91 Å². The number of rotatable bonds is 8. The highest BCUT2D eigenvalue weighted by Gasteiger charge is 2.37. The zero-order valence-electron chi connectivity index (χ0n) is 18.6. The molecular weight excluding hydrogens is 483 g/mol. The van der Waals surface area contributed by atoms with Crippen LogP contribution in [0.4, 0.5) is 11.5 Å². The zero-order valence-corrected chi connectivity index (χ0v) is 20.2. The summed E-state index contributed by atoms with van der Waals surface area (Å²) < 4.78 is 17.6. The molecule has 0 saturated carbocycles. The van der Waals surface area contributed by atoms with E-state index >= 15 is 0 Å². The summed E-state index contributed by atoms with van der Waals surface area (Å²) >= 11 is 12.2. The average molecular weight is 505 g/mol. The van der Waals surface area contributed by atoms with Crippen LogP contribution in [0, 0.1) is 0 Å². The van der Waals surface area contributed by atoms with Crippen molar-refractivity contribution in [3.05, 3.63) is 52.1 Å². The number of nitrogens with zero attached hydrogens (tertiary/aromatic N) is 2. The summed E-state index contributed by atoms with van der Waals surface area (Å²) in [5.41, 5.74) is 2.40. The molecule has 9 nitrogen and oxygen atoms in total. The Morgan fingerprint density at radius 1 is 1.15 bits per heavy atom. The van der Waals surface area contributed by atoms with Gasteiger partial charge in [0.15, 0.2) is 11.5 Å². The van der Waals surface area contributed by atoms with Gasteiger partial charge in [-0.1, -0.05) is 35.3 Å². The summed E-state index contributed by atoms with van der Waals surface area (Å²) in [6, 6.07) is 9.47. The van der Waals surface area contributed by atoms with E-state index in [0.29, 0.717) is 39.3 Å². The van der Waals surface area contributed by atoms with E-state index in [0.717, 1.165) is 5.56 Å². The minimum absolute atomic E-state index is 0.152. The first-order valence-corrected chi connectivity index (χ1v) is 11.0. The molecule has 178 valence electrons. The lowest BCUT2D eigenvalue weighted by molar-refractivity contribution is -0.123. The third kappa shape index (κ3) is 4.42. The molecule has 4 rings (SSSR count). The van der Waals surface area contributed by atoms with Crippen LogP contribution in [0.15, 0.2) is 36.4 Å². The van der Waals surface area contributed by atoms with Gasteiger partial charge in [-0.15, -0.1) is 0 Å². The Bertz CT molecular complexity index is 1260. The van der Waals surface area contributed by atoms with Crippen LogP contribution in [-0.2, 0) is 20.9 Å². The van der Waals surface area contributed by atoms with E-state index in [4.69, 9.17) is 37.4 Å².